The number of aliphatic hydroxyl groups excluding tert-OH is 1. The zero-order valence-corrected chi connectivity index (χ0v) is 12.4. The van der Waals surface area contributed by atoms with Crippen molar-refractivity contribution in [3.8, 4) is 0 Å². The van der Waals surface area contributed by atoms with E-state index in [2.05, 4.69) is 0 Å². The molecule has 1 N–H and O–H groups in total. The quantitative estimate of drug-likeness (QED) is 0.735. The first-order valence-corrected chi connectivity index (χ1v) is 7.46. The second-order valence-electron chi connectivity index (χ2n) is 7.22. The minimum absolute atomic E-state index is 0.137. The van der Waals surface area contributed by atoms with Crippen molar-refractivity contribution in [2.24, 2.45) is 5.41 Å². The number of ether oxygens (including phenoxy) is 1. The molecule has 0 aromatic heterocycles. The van der Waals surface area contributed by atoms with Crippen LogP contribution in [-0.4, -0.2) is 40.9 Å². The van der Waals surface area contributed by atoms with Crippen molar-refractivity contribution in [2.75, 3.05) is 13.1 Å². The SMILES string of the molecule is CC(C)(C)OC(=O)N1CCC2(CCCC(O)C2)CC1. The van der Waals surface area contributed by atoms with Gasteiger partial charge >= 0.3 is 6.09 Å². The van der Waals surface area contributed by atoms with E-state index in [4.69, 9.17) is 4.74 Å². The van der Waals surface area contributed by atoms with Crippen LogP contribution in [0.2, 0.25) is 0 Å². The van der Waals surface area contributed by atoms with Gasteiger partial charge in [0.15, 0.2) is 0 Å². The highest BCUT2D eigenvalue weighted by molar-refractivity contribution is 5.68. The summed E-state index contributed by atoms with van der Waals surface area (Å²) in [4.78, 5) is 13.8. The summed E-state index contributed by atoms with van der Waals surface area (Å²) in [7, 11) is 0. The summed E-state index contributed by atoms with van der Waals surface area (Å²) < 4.78 is 5.41. The van der Waals surface area contributed by atoms with E-state index in [0.717, 1.165) is 45.2 Å². The third kappa shape index (κ3) is 3.85. The van der Waals surface area contributed by atoms with Crippen LogP contribution < -0.4 is 0 Å². The topological polar surface area (TPSA) is 49.8 Å². The van der Waals surface area contributed by atoms with Gasteiger partial charge in [0.2, 0.25) is 0 Å². The summed E-state index contributed by atoms with van der Waals surface area (Å²) in [6.07, 6.45) is 5.85. The highest BCUT2D eigenvalue weighted by Gasteiger charge is 2.40. The average molecular weight is 269 g/mol. The molecular weight excluding hydrogens is 242 g/mol. The number of rotatable bonds is 0. The van der Waals surface area contributed by atoms with Gasteiger partial charge in [0.1, 0.15) is 5.60 Å². The molecule has 4 nitrogen and oxygen atoms in total. The molecule has 0 bridgehead atoms. The van der Waals surface area contributed by atoms with Gasteiger partial charge in [0.05, 0.1) is 6.10 Å². The number of hydrogen-bond acceptors (Lipinski definition) is 3. The second kappa shape index (κ2) is 5.31. The Kier molecular flexibility index (Phi) is 4.09. The number of carbonyl (C=O) groups is 1. The Morgan fingerprint density at radius 2 is 1.89 bits per heavy atom. The minimum atomic E-state index is -0.423. The van der Waals surface area contributed by atoms with Gasteiger partial charge in [-0.3, -0.25) is 0 Å². The molecule has 1 aliphatic heterocycles. The molecule has 19 heavy (non-hydrogen) atoms. The Morgan fingerprint density at radius 3 is 2.42 bits per heavy atom. The smallest absolute Gasteiger partial charge is 0.410 e. The lowest BCUT2D eigenvalue weighted by Gasteiger charge is -2.45. The van der Waals surface area contributed by atoms with E-state index in [1.54, 1.807) is 0 Å². The third-order valence-electron chi connectivity index (χ3n) is 4.39. The lowest BCUT2D eigenvalue weighted by atomic mass is 9.67. The normalized spacial score (nSPS) is 27.4. The monoisotopic (exact) mass is 269 g/mol. The van der Waals surface area contributed by atoms with E-state index in [1.165, 1.54) is 6.42 Å². The largest absolute Gasteiger partial charge is 0.444 e. The molecule has 1 unspecified atom stereocenters. The molecule has 0 aromatic carbocycles. The molecule has 1 saturated carbocycles. The van der Waals surface area contributed by atoms with Crippen molar-refractivity contribution in [3.63, 3.8) is 0 Å². The number of hydrogen-bond donors (Lipinski definition) is 1. The maximum atomic E-state index is 12.0. The number of amides is 1. The van der Waals surface area contributed by atoms with E-state index in [-0.39, 0.29) is 17.6 Å². The number of piperidine rings is 1. The van der Waals surface area contributed by atoms with Crippen LogP contribution in [0.1, 0.15) is 59.3 Å². The fourth-order valence-electron chi connectivity index (χ4n) is 3.36. The van der Waals surface area contributed by atoms with Gasteiger partial charge in [0.25, 0.3) is 0 Å². The Bertz CT molecular complexity index is 327. The molecule has 2 fully saturated rings. The van der Waals surface area contributed by atoms with Crippen LogP contribution in [0.25, 0.3) is 0 Å². The van der Waals surface area contributed by atoms with Crippen LogP contribution in [0.15, 0.2) is 0 Å². The first-order valence-electron chi connectivity index (χ1n) is 7.46. The zero-order chi connectivity index (χ0) is 14.1. The number of aliphatic hydroxyl groups is 1. The van der Waals surface area contributed by atoms with Crippen molar-refractivity contribution in [1.82, 2.24) is 4.90 Å². The number of likely N-dealkylation sites (tertiary alicyclic amines) is 1. The van der Waals surface area contributed by atoms with E-state index >= 15 is 0 Å². The maximum absolute atomic E-state index is 12.0. The van der Waals surface area contributed by atoms with Crippen LogP contribution in [0, 0.1) is 5.41 Å². The predicted octanol–water partition coefficient (Wildman–Crippen LogP) is 2.94. The molecule has 110 valence electrons. The van der Waals surface area contributed by atoms with Gasteiger partial charge in [0, 0.05) is 13.1 Å². The van der Waals surface area contributed by atoms with Crippen molar-refractivity contribution < 1.29 is 14.6 Å². The van der Waals surface area contributed by atoms with Crippen molar-refractivity contribution >= 4 is 6.09 Å². The van der Waals surface area contributed by atoms with E-state index in [1.807, 2.05) is 25.7 Å². The van der Waals surface area contributed by atoms with Crippen LogP contribution >= 0.6 is 0 Å². The Morgan fingerprint density at radius 1 is 1.26 bits per heavy atom. The van der Waals surface area contributed by atoms with Crippen molar-refractivity contribution in [2.45, 2.75) is 71.0 Å². The molecule has 4 heteroatoms. The van der Waals surface area contributed by atoms with Crippen LogP contribution in [0.5, 0.6) is 0 Å². The highest BCUT2D eigenvalue weighted by Crippen LogP contribution is 2.44. The lowest BCUT2D eigenvalue weighted by Crippen LogP contribution is -2.47. The van der Waals surface area contributed by atoms with Gasteiger partial charge < -0.3 is 14.7 Å². The van der Waals surface area contributed by atoms with Gasteiger partial charge in [-0.15, -0.1) is 0 Å². The third-order valence-corrected chi connectivity index (χ3v) is 4.39. The molecule has 1 atom stereocenters. The summed E-state index contributed by atoms with van der Waals surface area (Å²) in [5.41, 5.74) is -0.149. The summed E-state index contributed by atoms with van der Waals surface area (Å²) in [6.45, 7) is 7.22. The van der Waals surface area contributed by atoms with E-state index in [9.17, 15) is 9.90 Å². The minimum Gasteiger partial charge on any atom is -0.444 e. The summed E-state index contributed by atoms with van der Waals surface area (Å²) in [6, 6.07) is 0. The number of carbonyl (C=O) groups excluding carboxylic acids is 1. The van der Waals surface area contributed by atoms with E-state index in [0.29, 0.717) is 0 Å². The Labute approximate surface area is 116 Å². The van der Waals surface area contributed by atoms with Gasteiger partial charge in [-0.05, 0) is 58.3 Å². The Hall–Kier alpha value is -0.770. The lowest BCUT2D eigenvalue weighted by molar-refractivity contribution is -0.0146. The predicted molar refractivity (Wildman–Crippen MR) is 73.9 cm³/mol. The second-order valence-corrected chi connectivity index (χ2v) is 7.22. The molecule has 1 aliphatic carbocycles. The maximum Gasteiger partial charge on any atom is 0.410 e. The molecule has 0 radical (unpaired) electrons. The first kappa shape index (κ1) is 14.6. The van der Waals surface area contributed by atoms with Crippen LogP contribution in [0.3, 0.4) is 0 Å². The summed E-state index contributed by atoms with van der Waals surface area (Å²) in [5.74, 6) is 0. The number of nitrogens with zero attached hydrogens (tertiary/aromatic N) is 1. The zero-order valence-electron chi connectivity index (χ0n) is 12.4. The molecule has 1 amide bonds. The molecule has 1 spiro atoms. The molecule has 0 aromatic rings. The van der Waals surface area contributed by atoms with Gasteiger partial charge in [-0.1, -0.05) is 6.42 Å². The molecule has 1 saturated heterocycles. The molecule has 2 rings (SSSR count). The molecular formula is C15H27NO3. The average Bonchev–Trinajstić information content (AvgIpc) is 2.27. The standard InChI is InChI=1S/C15H27NO3/c1-14(2,3)19-13(18)16-9-7-15(8-10-16)6-4-5-12(17)11-15/h12,17H,4-11H2,1-3H3. The van der Waals surface area contributed by atoms with Gasteiger partial charge in [-0.25, -0.2) is 4.79 Å². The summed E-state index contributed by atoms with van der Waals surface area (Å²) in [5, 5.41) is 9.85. The first-order chi connectivity index (χ1) is 8.80. The fraction of sp³-hybridized carbons (Fsp3) is 0.933. The molecule has 1 heterocycles. The van der Waals surface area contributed by atoms with E-state index < -0.39 is 5.60 Å². The van der Waals surface area contributed by atoms with Crippen LogP contribution in [-0.2, 0) is 4.74 Å². The van der Waals surface area contributed by atoms with Crippen molar-refractivity contribution in [1.29, 1.82) is 0 Å². The van der Waals surface area contributed by atoms with Gasteiger partial charge in [-0.2, -0.15) is 0 Å². The Balaban J connectivity index is 1.87. The van der Waals surface area contributed by atoms with Crippen molar-refractivity contribution in [3.05, 3.63) is 0 Å². The molecule has 2 aliphatic rings. The van der Waals surface area contributed by atoms with Crippen LogP contribution in [0.4, 0.5) is 4.79 Å². The highest BCUT2D eigenvalue weighted by atomic mass is 16.6. The summed E-state index contributed by atoms with van der Waals surface area (Å²) >= 11 is 0. The fourth-order valence-corrected chi connectivity index (χ4v) is 3.36.